The standard InChI is InChI=1S/C15H27N3/c1-4-13-10-14(18(3)17-13)11-16-15-9-7-5-6-8-12(15)2/h10,12,15-16H,4-9,11H2,1-3H3. The second-order valence-electron chi connectivity index (χ2n) is 5.71. The zero-order valence-corrected chi connectivity index (χ0v) is 12.1. The molecule has 3 heteroatoms. The molecule has 102 valence electrons. The second kappa shape index (κ2) is 6.37. The Morgan fingerprint density at radius 2 is 2.11 bits per heavy atom. The molecular formula is C15H27N3. The van der Waals surface area contributed by atoms with Crippen LogP contribution in [-0.4, -0.2) is 15.8 Å². The summed E-state index contributed by atoms with van der Waals surface area (Å²) in [6.07, 6.45) is 7.93. The Balaban J connectivity index is 1.91. The molecule has 18 heavy (non-hydrogen) atoms. The van der Waals surface area contributed by atoms with E-state index in [1.54, 1.807) is 0 Å². The zero-order valence-electron chi connectivity index (χ0n) is 12.1. The third kappa shape index (κ3) is 3.35. The SMILES string of the molecule is CCc1cc(CNC2CCCCCC2C)n(C)n1. The summed E-state index contributed by atoms with van der Waals surface area (Å²) in [4.78, 5) is 0. The van der Waals surface area contributed by atoms with Crippen LogP contribution in [-0.2, 0) is 20.0 Å². The number of hydrogen-bond donors (Lipinski definition) is 1. The van der Waals surface area contributed by atoms with Crippen molar-refractivity contribution in [2.24, 2.45) is 13.0 Å². The Labute approximate surface area is 111 Å². The van der Waals surface area contributed by atoms with Gasteiger partial charge < -0.3 is 5.32 Å². The first-order valence-electron chi connectivity index (χ1n) is 7.46. The molecule has 0 saturated heterocycles. The molecule has 1 heterocycles. The van der Waals surface area contributed by atoms with Crippen LogP contribution < -0.4 is 5.32 Å². The van der Waals surface area contributed by atoms with Gasteiger partial charge in [0.2, 0.25) is 0 Å². The van der Waals surface area contributed by atoms with E-state index in [4.69, 9.17) is 0 Å². The third-order valence-corrected chi connectivity index (χ3v) is 4.30. The summed E-state index contributed by atoms with van der Waals surface area (Å²) in [5.41, 5.74) is 2.51. The molecule has 1 aliphatic rings. The first-order chi connectivity index (χ1) is 8.70. The van der Waals surface area contributed by atoms with E-state index >= 15 is 0 Å². The lowest BCUT2D eigenvalue weighted by Crippen LogP contribution is -2.34. The van der Waals surface area contributed by atoms with Crippen LogP contribution in [0.15, 0.2) is 6.07 Å². The minimum Gasteiger partial charge on any atom is -0.308 e. The van der Waals surface area contributed by atoms with Gasteiger partial charge in [-0.05, 0) is 31.2 Å². The van der Waals surface area contributed by atoms with Crippen LogP contribution in [0.2, 0.25) is 0 Å². The largest absolute Gasteiger partial charge is 0.308 e. The number of nitrogens with zero attached hydrogens (tertiary/aromatic N) is 2. The van der Waals surface area contributed by atoms with Gasteiger partial charge in [0, 0.05) is 19.6 Å². The van der Waals surface area contributed by atoms with Gasteiger partial charge in [-0.2, -0.15) is 5.10 Å². The summed E-state index contributed by atoms with van der Waals surface area (Å²) in [5, 5.41) is 8.25. The van der Waals surface area contributed by atoms with Crippen molar-refractivity contribution in [2.45, 2.75) is 65.0 Å². The highest BCUT2D eigenvalue weighted by Gasteiger charge is 2.19. The van der Waals surface area contributed by atoms with Crippen molar-refractivity contribution in [2.75, 3.05) is 0 Å². The van der Waals surface area contributed by atoms with Gasteiger partial charge in [0.1, 0.15) is 0 Å². The molecular weight excluding hydrogens is 222 g/mol. The number of rotatable bonds is 4. The molecule has 0 bridgehead atoms. The normalized spacial score (nSPS) is 25.1. The van der Waals surface area contributed by atoms with E-state index < -0.39 is 0 Å². The van der Waals surface area contributed by atoms with Gasteiger partial charge in [-0.15, -0.1) is 0 Å². The minimum atomic E-state index is 0.687. The molecule has 2 rings (SSSR count). The topological polar surface area (TPSA) is 29.9 Å². The van der Waals surface area contributed by atoms with Crippen LogP contribution in [0.5, 0.6) is 0 Å². The Hall–Kier alpha value is -0.830. The number of hydrogen-bond acceptors (Lipinski definition) is 2. The molecule has 1 aromatic heterocycles. The average molecular weight is 249 g/mol. The van der Waals surface area contributed by atoms with Gasteiger partial charge in [0.25, 0.3) is 0 Å². The first-order valence-corrected chi connectivity index (χ1v) is 7.46. The quantitative estimate of drug-likeness (QED) is 0.831. The van der Waals surface area contributed by atoms with Gasteiger partial charge in [-0.25, -0.2) is 0 Å². The van der Waals surface area contributed by atoms with Crippen LogP contribution in [0.25, 0.3) is 0 Å². The van der Waals surface area contributed by atoms with Gasteiger partial charge >= 0.3 is 0 Å². The van der Waals surface area contributed by atoms with Gasteiger partial charge in [0.05, 0.1) is 11.4 Å². The molecule has 0 spiro atoms. The molecule has 1 saturated carbocycles. The number of aryl methyl sites for hydroxylation is 2. The molecule has 1 N–H and O–H groups in total. The van der Waals surface area contributed by atoms with Crippen molar-refractivity contribution in [1.82, 2.24) is 15.1 Å². The second-order valence-corrected chi connectivity index (χ2v) is 5.71. The Bertz CT molecular complexity index is 370. The van der Waals surface area contributed by atoms with Gasteiger partial charge in [-0.3, -0.25) is 4.68 Å². The van der Waals surface area contributed by atoms with Crippen LogP contribution in [0.3, 0.4) is 0 Å². The van der Waals surface area contributed by atoms with Crippen molar-refractivity contribution in [3.05, 3.63) is 17.5 Å². The Morgan fingerprint density at radius 3 is 2.83 bits per heavy atom. The zero-order chi connectivity index (χ0) is 13.0. The molecule has 0 aliphatic heterocycles. The van der Waals surface area contributed by atoms with E-state index in [0.717, 1.165) is 18.9 Å². The molecule has 0 radical (unpaired) electrons. The predicted molar refractivity (Wildman–Crippen MR) is 75.5 cm³/mol. The van der Waals surface area contributed by atoms with E-state index in [1.165, 1.54) is 43.5 Å². The lowest BCUT2D eigenvalue weighted by molar-refractivity contribution is 0.352. The van der Waals surface area contributed by atoms with E-state index in [-0.39, 0.29) is 0 Å². The highest BCUT2D eigenvalue weighted by Crippen LogP contribution is 2.23. The number of aromatic nitrogens is 2. The van der Waals surface area contributed by atoms with Crippen molar-refractivity contribution < 1.29 is 0 Å². The first kappa shape index (κ1) is 13.6. The molecule has 3 nitrogen and oxygen atoms in total. The maximum absolute atomic E-state index is 4.51. The summed E-state index contributed by atoms with van der Waals surface area (Å²) in [7, 11) is 2.05. The highest BCUT2D eigenvalue weighted by atomic mass is 15.3. The molecule has 0 aromatic carbocycles. The maximum Gasteiger partial charge on any atom is 0.0625 e. The number of nitrogens with one attached hydrogen (secondary N) is 1. The summed E-state index contributed by atoms with van der Waals surface area (Å²) in [6, 6.07) is 2.92. The van der Waals surface area contributed by atoms with Crippen molar-refractivity contribution >= 4 is 0 Å². The summed E-state index contributed by atoms with van der Waals surface area (Å²) >= 11 is 0. The average Bonchev–Trinajstić information content (AvgIpc) is 2.59. The molecule has 2 unspecified atom stereocenters. The van der Waals surface area contributed by atoms with Crippen LogP contribution in [0.1, 0.15) is 57.3 Å². The summed E-state index contributed by atoms with van der Waals surface area (Å²) < 4.78 is 2.02. The smallest absolute Gasteiger partial charge is 0.0625 e. The van der Waals surface area contributed by atoms with E-state index in [2.05, 4.69) is 30.3 Å². The molecule has 2 atom stereocenters. The third-order valence-electron chi connectivity index (χ3n) is 4.30. The van der Waals surface area contributed by atoms with Gasteiger partial charge in [0.15, 0.2) is 0 Å². The molecule has 1 aromatic rings. The van der Waals surface area contributed by atoms with E-state index in [9.17, 15) is 0 Å². The predicted octanol–water partition coefficient (Wildman–Crippen LogP) is 3.04. The Morgan fingerprint density at radius 1 is 1.33 bits per heavy atom. The molecule has 1 fully saturated rings. The fourth-order valence-corrected chi connectivity index (χ4v) is 2.94. The highest BCUT2D eigenvalue weighted by molar-refractivity contribution is 5.10. The summed E-state index contributed by atoms with van der Waals surface area (Å²) in [5.74, 6) is 0.811. The lowest BCUT2D eigenvalue weighted by Gasteiger charge is -2.22. The van der Waals surface area contributed by atoms with Crippen LogP contribution >= 0.6 is 0 Å². The van der Waals surface area contributed by atoms with Gasteiger partial charge in [-0.1, -0.05) is 33.1 Å². The van der Waals surface area contributed by atoms with E-state index in [0.29, 0.717) is 6.04 Å². The minimum absolute atomic E-state index is 0.687. The summed E-state index contributed by atoms with van der Waals surface area (Å²) in [6.45, 7) is 5.51. The van der Waals surface area contributed by atoms with Crippen LogP contribution in [0.4, 0.5) is 0 Å². The molecule has 1 aliphatic carbocycles. The fraction of sp³-hybridized carbons (Fsp3) is 0.800. The maximum atomic E-state index is 4.51. The Kier molecular flexibility index (Phi) is 4.81. The van der Waals surface area contributed by atoms with Crippen molar-refractivity contribution in [3.63, 3.8) is 0 Å². The van der Waals surface area contributed by atoms with E-state index in [1.807, 2.05) is 11.7 Å². The van der Waals surface area contributed by atoms with Crippen molar-refractivity contribution in [3.8, 4) is 0 Å². The van der Waals surface area contributed by atoms with Crippen LogP contribution in [0, 0.1) is 5.92 Å². The fourth-order valence-electron chi connectivity index (χ4n) is 2.94. The van der Waals surface area contributed by atoms with Crippen molar-refractivity contribution in [1.29, 1.82) is 0 Å². The monoisotopic (exact) mass is 249 g/mol. The lowest BCUT2D eigenvalue weighted by atomic mass is 9.97. The molecule has 0 amide bonds.